The Kier molecular flexibility index (Phi) is 5.20. The van der Waals surface area contributed by atoms with Gasteiger partial charge in [0, 0.05) is 6.54 Å². The first kappa shape index (κ1) is 15.0. The van der Waals surface area contributed by atoms with Crippen LogP contribution < -0.4 is 0 Å². The van der Waals surface area contributed by atoms with Gasteiger partial charge >= 0.3 is 6.18 Å². The van der Waals surface area contributed by atoms with Crippen molar-refractivity contribution in [3.63, 3.8) is 0 Å². The van der Waals surface area contributed by atoms with Gasteiger partial charge in [-0.15, -0.1) is 0 Å². The molecule has 0 aromatic heterocycles. The normalized spacial score (nSPS) is 12.4. The number of nitrogens with zero attached hydrogens (tertiary/aromatic N) is 1. The van der Waals surface area contributed by atoms with Gasteiger partial charge in [0.15, 0.2) is 0 Å². The number of alkyl halides is 3. The SMILES string of the molecule is CC(C)Cc1ccc(CN(C)CC(F)(F)F)cc1. The zero-order chi connectivity index (χ0) is 13.8. The summed E-state index contributed by atoms with van der Waals surface area (Å²) >= 11 is 0. The largest absolute Gasteiger partial charge is 0.401 e. The molecule has 4 heteroatoms. The lowest BCUT2D eigenvalue weighted by molar-refractivity contribution is -0.144. The first-order valence-electron chi connectivity index (χ1n) is 6.09. The molecule has 1 aromatic carbocycles. The van der Waals surface area contributed by atoms with Crippen molar-refractivity contribution in [2.45, 2.75) is 33.0 Å². The maximum absolute atomic E-state index is 12.2. The minimum absolute atomic E-state index is 0.321. The van der Waals surface area contributed by atoms with Crippen molar-refractivity contribution >= 4 is 0 Å². The van der Waals surface area contributed by atoms with Crippen LogP contribution in [0.5, 0.6) is 0 Å². The standard InChI is InChI=1S/C14H20F3N/c1-11(2)8-12-4-6-13(7-5-12)9-18(3)10-14(15,16)17/h4-7,11H,8-10H2,1-3H3. The van der Waals surface area contributed by atoms with E-state index >= 15 is 0 Å². The van der Waals surface area contributed by atoms with Crippen LogP contribution in [0.1, 0.15) is 25.0 Å². The van der Waals surface area contributed by atoms with Crippen LogP contribution in [-0.2, 0) is 13.0 Å². The first-order chi connectivity index (χ1) is 8.26. The summed E-state index contributed by atoms with van der Waals surface area (Å²) in [6, 6.07) is 7.81. The molecule has 102 valence electrons. The number of rotatable bonds is 5. The van der Waals surface area contributed by atoms with E-state index in [9.17, 15) is 13.2 Å². The molecule has 0 aliphatic heterocycles. The lowest BCUT2D eigenvalue weighted by Gasteiger charge is -2.18. The number of hydrogen-bond donors (Lipinski definition) is 0. The van der Waals surface area contributed by atoms with Gasteiger partial charge in [-0.1, -0.05) is 38.1 Å². The summed E-state index contributed by atoms with van der Waals surface area (Å²) in [5.74, 6) is 0.587. The quantitative estimate of drug-likeness (QED) is 0.775. The average molecular weight is 259 g/mol. The molecule has 0 N–H and O–H groups in total. The molecule has 0 saturated heterocycles. The van der Waals surface area contributed by atoms with Crippen LogP contribution in [0.15, 0.2) is 24.3 Å². The van der Waals surface area contributed by atoms with Gasteiger partial charge in [-0.25, -0.2) is 0 Å². The van der Waals surface area contributed by atoms with Gasteiger partial charge in [0.2, 0.25) is 0 Å². The Hall–Kier alpha value is -1.03. The maximum Gasteiger partial charge on any atom is 0.401 e. The van der Waals surface area contributed by atoms with Crippen LogP contribution in [0.4, 0.5) is 13.2 Å². The predicted molar refractivity (Wildman–Crippen MR) is 67.4 cm³/mol. The zero-order valence-corrected chi connectivity index (χ0v) is 11.1. The second kappa shape index (κ2) is 6.23. The first-order valence-corrected chi connectivity index (χ1v) is 6.09. The molecule has 0 spiro atoms. The molecule has 0 radical (unpaired) electrons. The van der Waals surface area contributed by atoms with Crippen molar-refractivity contribution in [3.05, 3.63) is 35.4 Å². The van der Waals surface area contributed by atoms with E-state index in [1.165, 1.54) is 17.5 Å². The van der Waals surface area contributed by atoms with Gasteiger partial charge in [0.05, 0.1) is 6.54 Å². The minimum atomic E-state index is -4.13. The molecule has 0 fully saturated rings. The Morgan fingerprint density at radius 1 is 1.06 bits per heavy atom. The van der Waals surface area contributed by atoms with Crippen molar-refractivity contribution in [2.75, 3.05) is 13.6 Å². The fraction of sp³-hybridized carbons (Fsp3) is 0.571. The Morgan fingerprint density at radius 2 is 1.56 bits per heavy atom. The fourth-order valence-corrected chi connectivity index (χ4v) is 1.93. The van der Waals surface area contributed by atoms with Gasteiger partial charge in [-0.3, -0.25) is 4.90 Å². The molecule has 0 amide bonds. The number of benzene rings is 1. The van der Waals surface area contributed by atoms with Crippen LogP contribution in [-0.4, -0.2) is 24.7 Å². The van der Waals surface area contributed by atoms with E-state index in [1.54, 1.807) is 0 Å². The summed E-state index contributed by atoms with van der Waals surface area (Å²) in [6.07, 6.45) is -3.13. The van der Waals surface area contributed by atoms with Gasteiger partial charge in [0.1, 0.15) is 0 Å². The Bertz CT molecular complexity index is 354. The Morgan fingerprint density at radius 3 is 2.00 bits per heavy atom. The highest BCUT2D eigenvalue weighted by atomic mass is 19.4. The Balaban J connectivity index is 2.53. The lowest BCUT2D eigenvalue weighted by atomic mass is 10.0. The highest BCUT2D eigenvalue weighted by molar-refractivity contribution is 5.22. The summed E-state index contributed by atoms with van der Waals surface area (Å²) in [7, 11) is 1.48. The molecule has 0 aliphatic carbocycles. The molecule has 0 heterocycles. The van der Waals surface area contributed by atoms with E-state index in [4.69, 9.17) is 0 Å². The van der Waals surface area contributed by atoms with Crippen molar-refractivity contribution in [3.8, 4) is 0 Å². The summed E-state index contributed by atoms with van der Waals surface area (Å²) in [5, 5.41) is 0. The highest BCUT2D eigenvalue weighted by Crippen LogP contribution is 2.17. The second-order valence-corrected chi connectivity index (χ2v) is 5.20. The molecule has 18 heavy (non-hydrogen) atoms. The molecule has 0 aliphatic rings. The van der Waals surface area contributed by atoms with E-state index in [1.807, 2.05) is 24.3 Å². The van der Waals surface area contributed by atoms with E-state index in [0.717, 1.165) is 12.0 Å². The van der Waals surface area contributed by atoms with E-state index < -0.39 is 12.7 Å². The maximum atomic E-state index is 12.2. The van der Waals surface area contributed by atoms with Gasteiger partial charge < -0.3 is 0 Å². The third-order valence-corrected chi connectivity index (χ3v) is 2.57. The van der Waals surface area contributed by atoms with Gasteiger partial charge in [-0.2, -0.15) is 13.2 Å². The van der Waals surface area contributed by atoms with Crippen LogP contribution in [0.2, 0.25) is 0 Å². The molecule has 1 aromatic rings. The molecular formula is C14H20F3N. The van der Waals surface area contributed by atoms with E-state index in [0.29, 0.717) is 12.5 Å². The molecule has 0 atom stereocenters. The van der Waals surface area contributed by atoms with Crippen LogP contribution in [0.3, 0.4) is 0 Å². The fourth-order valence-electron chi connectivity index (χ4n) is 1.93. The van der Waals surface area contributed by atoms with Crippen molar-refractivity contribution < 1.29 is 13.2 Å². The topological polar surface area (TPSA) is 3.24 Å². The number of hydrogen-bond acceptors (Lipinski definition) is 1. The second-order valence-electron chi connectivity index (χ2n) is 5.20. The zero-order valence-electron chi connectivity index (χ0n) is 11.1. The molecule has 0 saturated carbocycles. The van der Waals surface area contributed by atoms with E-state index in [-0.39, 0.29) is 0 Å². The van der Waals surface area contributed by atoms with E-state index in [2.05, 4.69) is 13.8 Å². The number of halogens is 3. The molecule has 1 nitrogen and oxygen atoms in total. The molecular weight excluding hydrogens is 239 g/mol. The monoisotopic (exact) mass is 259 g/mol. The Labute approximate surface area is 107 Å². The summed E-state index contributed by atoms with van der Waals surface area (Å²) in [5.41, 5.74) is 2.14. The lowest BCUT2D eigenvalue weighted by Crippen LogP contribution is -2.30. The van der Waals surface area contributed by atoms with Crippen molar-refractivity contribution in [1.29, 1.82) is 0 Å². The smallest absolute Gasteiger partial charge is 0.294 e. The molecule has 0 bridgehead atoms. The average Bonchev–Trinajstić information content (AvgIpc) is 2.17. The third kappa shape index (κ3) is 6.05. The van der Waals surface area contributed by atoms with Gasteiger partial charge in [-0.05, 0) is 30.5 Å². The van der Waals surface area contributed by atoms with Crippen LogP contribution in [0, 0.1) is 5.92 Å². The summed E-state index contributed by atoms with van der Waals surface area (Å²) in [4.78, 5) is 1.28. The third-order valence-electron chi connectivity index (χ3n) is 2.57. The van der Waals surface area contributed by atoms with Crippen molar-refractivity contribution in [1.82, 2.24) is 4.90 Å². The summed E-state index contributed by atoms with van der Waals surface area (Å²) in [6.45, 7) is 3.73. The molecule has 0 unspecified atom stereocenters. The van der Waals surface area contributed by atoms with Crippen LogP contribution >= 0.6 is 0 Å². The van der Waals surface area contributed by atoms with Gasteiger partial charge in [0.25, 0.3) is 0 Å². The predicted octanol–water partition coefficient (Wildman–Crippen LogP) is 3.88. The van der Waals surface area contributed by atoms with Crippen molar-refractivity contribution in [2.24, 2.45) is 5.92 Å². The van der Waals surface area contributed by atoms with Crippen LogP contribution in [0.25, 0.3) is 0 Å². The summed E-state index contributed by atoms with van der Waals surface area (Å²) < 4.78 is 36.5. The minimum Gasteiger partial charge on any atom is -0.294 e. The molecule has 1 rings (SSSR count). The highest BCUT2D eigenvalue weighted by Gasteiger charge is 2.28.